The predicted octanol–water partition coefficient (Wildman–Crippen LogP) is 4.60. The monoisotopic (exact) mass is 526 g/mol. The second kappa shape index (κ2) is 9.43. The molecule has 0 bridgehead atoms. The van der Waals surface area contributed by atoms with Gasteiger partial charge in [0.2, 0.25) is 0 Å². The van der Waals surface area contributed by atoms with Crippen LogP contribution in [0.2, 0.25) is 0 Å². The molecule has 12 heteroatoms. The minimum absolute atomic E-state index is 0.0157. The lowest BCUT2D eigenvalue weighted by atomic mass is 9.97. The van der Waals surface area contributed by atoms with Gasteiger partial charge in [0, 0.05) is 19.5 Å². The fraction of sp³-hybridized carbons (Fsp3) is 0.269. The van der Waals surface area contributed by atoms with Crippen molar-refractivity contribution >= 4 is 17.4 Å². The number of carbonyl (C=O) groups excluding carboxylic acids is 1. The van der Waals surface area contributed by atoms with Gasteiger partial charge in [0.05, 0.1) is 24.5 Å². The van der Waals surface area contributed by atoms with E-state index in [9.17, 15) is 22.8 Å². The highest BCUT2D eigenvalue weighted by molar-refractivity contribution is 6.03. The number of para-hydroxylation sites is 1. The lowest BCUT2D eigenvalue weighted by Gasteiger charge is -2.33. The number of methoxy groups -OCH3 is 1. The number of benzene rings is 2. The number of ether oxygens (including phenoxy) is 1. The first-order chi connectivity index (χ1) is 18.1. The molecule has 9 nitrogen and oxygen atoms in total. The van der Waals surface area contributed by atoms with E-state index in [1.807, 2.05) is 6.07 Å². The van der Waals surface area contributed by atoms with E-state index in [2.05, 4.69) is 15.7 Å². The number of hydrogen-bond acceptors (Lipinski definition) is 5. The van der Waals surface area contributed by atoms with Crippen LogP contribution in [0.5, 0.6) is 5.75 Å². The molecule has 38 heavy (non-hydrogen) atoms. The third-order valence-electron chi connectivity index (χ3n) is 6.71. The molecule has 0 unspecified atom stereocenters. The largest absolute Gasteiger partial charge is 0.497 e. The molecule has 0 radical (unpaired) electrons. The van der Waals surface area contributed by atoms with Crippen LogP contribution in [0.15, 0.2) is 65.5 Å². The fourth-order valence-corrected chi connectivity index (χ4v) is 4.65. The van der Waals surface area contributed by atoms with Crippen LogP contribution in [-0.4, -0.2) is 38.3 Å². The second-order valence-electron chi connectivity index (χ2n) is 9.02. The van der Waals surface area contributed by atoms with Gasteiger partial charge in [-0.25, -0.2) is 9.36 Å². The van der Waals surface area contributed by atoms with Crippen LogP contribution in [0, 0.1) is 6.92 Å². The van der Waals surface area contributed by atoms with Crippen LogP contribution in [0.4, 0.5) is 24.7 Å². The Morgan fingerprint density at radius 2 is 1.87 bits per heavy atom. The van der Waals surface area contributed by atoms with Crippen molar-refractivity contribution < 1.29 is 22.7 Å². The molecule has 2 atom stereocenters. The zero-order valence-electron chi connectivity index (χ0n) is 20.8. The molecule has 198 valence electrons. The van der Waals surface area contributed by atoms with E-state index < -0.39 is 29.7 Å². The molecule has 1 amide bonds. The molecule has 2 aromatic heterocycles. The van der Waals surface area contributed by atoms with Crippen molar-refractivity contribution in [3.63, 3.8) is 0 Å². The van der Waals surface area contributed by atoms with Crippen molar-refractivity contribution in [2.24, 2.45) is 7.05 Å². The lowest BCUT2D eigenvalue weighted by molar-refractivity contribution is -0.173. The average Bonchev–Trinajstić information content (AvgIpc) is 3.43. The Labute approximate surface area is 215 Å². The number of rotatable bonds is 5. The maximum absolute atomic E-state index is 14.1. The van der Waals surface area contributed by atoms with Gasteiger partial charge >= 0.3 is 6.18 Å². The topological polar surface area (TPSA) is 95.1 Å². The summed E-state index contributed by atoms with van der Waals surface area (Å²) in [7, 11) is 3.15. The number of carbonyl (C=O) groups is 1. The van der Waals surface area contributed by atoms with Gasteiger partial charge < -0.3 is 15.4 Å². The Hall–Kier alpha value is -4.48. The summed E-state index contributed by atoms with van der Waals surface area (Å²) in [6.07, 6.45) is -4.93. The quantitative estimate of drug-likeness (QED) is 0.396. The number of alkyl halides is 3. The number of fused-ring (bicyclic) bond motifs is 1. The molecule has 2 aromatic carbocycles. The molecule has 2 N–H and O–H groups in total. The first-order valence-corrected chi connectivity index (χ1v) is 11.8. The first kappa shape index (κ1) is 25.2. The minimum Gasteiger partial charge on any atom is -0.497 e. The summed E-state index contributed by atoms with van der Waals surface area (Å²) in [6, 6.07) is 14.3. The van der Waals surface area contributed by atoms with Gasteiger partial charge in [0.15, 0.2) is 11.7 Å². The summed E-state index contributed by atoms with van der Waals surface area (Å²) < 4.78 is 51.2. The van der Waals surface area contributed by atoms with Crippen molar-refractivity contribution in [3.05, 3.63) is 88.0 Å². The van der Waals surface area contributed by atoms with Crippen molar-refractivity contribution in [3.8, 4) is 11.4 Å². The normalized spacial score (nSPS) is 17.0. The lowest BCUT2D eigenvalue weighted by Crippen LogP contribution is -2.35. The molecule has 0 aliphatic carbocycles. The molecule has 1 aliphatic heterocycles. The third kappa shape index (κ3) is 4.42. The summed E-state index contributed by atoms with van der Waals surface area (Å²) in [5.74, 6) is -0.229. The molecule has 0 spiro atoms. The Balaban J connectivity index is 1.47. The number of amides is 1. The van der Waals surface area contributed by atoms with Crippen LogP contribution >= 0.6 is 0 Å². The predicted molar refractivity (Wildman–Crippen MR) is 135 cm³/mol. The highest BCUT2D eigenvalue weighted by Crippen LogP contribution is 2.44. The number of nitrogens with one attached hydrogen (secondary N) is 2. The Morgan fingerprint density at radius 3 is 2.55 bits per heavy atom. The first-order valence-electron chi connectivity index (χ1n) is 11.8. The third-order valence-corrected chi connectivity index (χ3v) is 6.71. The van der Waals surface area contributed by atoms with E-state index in [1.54, 1.807) is 67.2 Å². The highest BCUT2D eigenvalue weighted by atomic mass is 19.4. The van der Waals surface area contributed by atoms with Crippen molar-refractivity contribution in [1.29, 1.82) is 0 Å². The molecule has 4 aromatic rings. The maximum atomic E-state index is 14.1. The minimum atomic E-state index is -4.60. The average molecular weight is 527 g/mol. The van der Waals surface area contributed by atoms with Gasteiger partial charge in [-0.1, -0.05) is 30.3 Å². The fourth-order valence-electron chi connectivity index (χ4n) is 4.65. The smallest absolute Gasteiger partial charge is 0.410 e. The summed E-state index contributed by atoms with van der Waals surface area (Å²) >= 11 is 0. The molecule has 1 aliphatic rings. The standard InChI is InChI=1S/C26H25F3N6O3/c1-15-23(25(37)35(33(15)2)17-9-5-4-6-10-17)31-24(36)20-14-22-30-19(16-8-7-11-18(12-16)38-3)13-21(26(27,28)29)34(22)32-20/h4-12,14,19,21,30H,13H2,1-3H3,(H,31,36)/t19-,21-/m1/s1. The summed E-state index contributed by atoms with van der Waals surface area (Å²) in [4.78, 5) is 26.3. The Kier molecular flexibility index (Phi) is 6.25. The van der Waals surface area contributed by atoms with E-state index in [0.717, 1.165) is 4.68 Å². The van der Waals surface area contributed by atoms with E-state index >= 15 is 0 Å². The zero-order chi connectivity index (χ0) is 27.2. The molecule has 0 fully saturated rings. The van der Waals surface area contributed by atoms with Crippen molar-refractivity contribution in [2.75, 3.05) is 17.7 Å². The number of hydrogen-bond donors (Lipinski definition) is 2. The number of anilines is 2. The summed E-state index contributed by atoms with van der Waals surface area (Å²) in [5.41, 5.74) is 0.975. The molecule has 3 heterocycles. The van der Waals surface area contributed by atoms with E-state index in [1.165, 1.54) is 17.9 Å². The SMILES string of the molecule is COc1cccc([C@H]2C[C@H](C(F)(F)F)n3nc(C(=O)Nc4c(C)n(C)n(-c5ccccc5)c4=O)cc3N2)c1. The highest BCUT2D eigenvalue weighted by Gasteiger charge is 2.47. The van der Waals surface area contributed by atoms with Crippen molar-refractivity contribution in [2.45, 2.75) is 31.6 Å². The van der Waals surface area contributed by atoms with Crippen LogP contribution in [-0.2, 0) is 7.05 Å². The summed E-state index contributed by atoms with van der Waals surface area (Å²) in [6.45, 7) is 1.66. The maximum Gasteiger partial charge on any atom is 0.410 e. The van der Waals surface area contributed by atoms with Gasteiger partial charge in [-0.2, -0.15) is 18.3 Å². The van der Waals surface area contributed by atoms with Crippen molar-refractivity contribution in [1.82, 2.24) is 19.1 Å². The number of halogens is 3. The molecule has 0 saturated heterocycles. The number of nitrogens with zero attached hydrogens (tertiary/aromatic N) is 4. The molecular weight excluding hydrogens is 501 g/mol. The summed E-state index contributed by atoms with van der Waals surface area (Å²) in [5, 5.41) is 9.60. The molecule has 0 saturated carbocycles. The van der Waals surface area contributed by atoms with Crippen LogP contribution < -0.4 is 20.9 Å². The van der Waals surface area contributed by atoms with E-state index in [-0.39, 0.29) is 23.6 Å². The zero-order valence-corrected chi connectivity index (χ0v) is 20.8. The Morgan fingerprint density at radius 1 is 1.13 bits per heavy atom. The van der Waals surface area contributed by atoms with E-state index in [4.69, 9.17) is 4.74 Å². The van der Waals surface area contributed by atoms with Crippen LogP contribution in [0.1, 0.15) is 40.3 Å². The van der Waals surface area contributed by atoms with E-state index in [0.29, 0.717) is 22.7 Å². The van der Waals surface area contributed by atoms with Crippen LogP contribution in [0.3, 0.4) is 0 Å². The van der Waals surface area contributed by atoms with Gasteiger partial charge in [0.25, 0.3) is 11.5 Å². The van der Waals surface area contributed by atoms with Gasteiger partial charge in [-0.05, 0) is 36.8 Å². The molecule has 5 rings (SSSR count). The molecular formula is C26H25F3N6O3. The van der Waals surface area contributed by atoms with Gasteiger partial charge in [-0.3, -0.25) is 14.3 Å². The van der Waals surface area contributed by atoms with Gasteiger partial charge in [0.1, 0.15) is 17.3 Å². The second-order valence-corrected chi connectivity index (χ2v) is 9.02. The van der Waals surface area contributed by atoms with Gasteiger partial charge in [-0.15, -0.1) is 0 Å². The Bertz CT molecular complexity index is 1550. The number of aromatic nitrogens is 4. The van der Waals surface area contributed by atoms with Crippen LogP contribution in [0.25, 0.3) is 5.69 Å².